The summed E-state index contributed by atoms with van der Waals surface area (Å²) in [5, 5.41) is 12.8. The Labute approximate surface area is 177 Å². The molecule has 0 radical (unpaired) electrons. The van der Waals surface area contributed by atoms with Crippen LogP contribution in [-0.4, -0.2) is 27.2 Å². The van der Waals surface area contributed by atoms with E-state index in [1.807, 2.05) is 24.3 Å². The first-order valence-corrected chi connectivity index (χ1v) is 10.9. The number of amides is 1. The molecule has 28 heavy (non-hydrogen) atoms. The Hall–Kier alpha value is -1.89. The molecular weight excluding hydrogens is 415 g/mol. The maximum Gasteiger partial charge on any atom is 0.261 e. The highest BCUT2D eigenvalue weighted by Crippen LogP contribution is 2.32. The summed E-state index contributed by atoms with van der Waals surface area (Å²) in [6.45, 7) is 1.51. The molecule has 1 aromatic carbocycles. The Morgan fingerprint density at radius 2 is 1.93 bits per heavy atom. The summed E-state index contributed by atoms with van der Waals surface area (Å²) in [7, 11) is 0. The lowest BCUT2D eigenvalue weighted by molar-refractivity contribution is 0.0958. The van der Waals surface area contributed by atoms with Gasteiger partial charge in [0.25, 0.3) is 5.91 Å². The molecule has 0 spiro atoms. The predicted molar refractivity (Wildman–Crippen MR) is 113 cm³/mol. The Morgan fingerprint density at radius 1 is 1.11 bits per heavy atom. The highest BCUT2D eigenvalue weighted by Gasteiger charge is 2.15. The van der Waals surface area contributed by atoms with Gasteiger partial charge in [0.05, 0.1) is 4.88 Å². The van der Waals surface area contributed by atoms with Crippen LogP contribution < -0.4 is 5.32 Å². The number of thiophene rings is 1. The van der Waals surface area contributed by atoms with Gasteiger partial charge in [-0.05, 0) is 48.7 Å². The van der Waals surface area contributed by atoms with Gasteiger partial charge in [0.1, 0.15) is 11.6 Å². The van der Waals surface area contributed by atoms with Crippen molar-refractivity contribution < 1.29 is 4.79 Å². The van der Waals surface area contributed by atoms with Gasteiger partial charge < -0.3 is 9.88 Å². The lowest BCUT2D eigenvalue weighted by atomic mass is 10.2. The van der Waals surface area contributed by atoms with Gasteiger partial charge in [-0.3, -0.25) is 4.79 Å². The SMILES string of the molecule is O=C(NCCc1nnc2n1CCCCC2)c1ccc(-c2cc(Cl)cc(Cl)c2)s1. The van der Waals surface area contributed by atoms with Crippen molar-refractivity contribution in [2.75, 3.05) is 6.54 Å². The van der Waals surface area contributed by atoms with Crippen LogP contribution >= 0.6 is 34.5 Å². The van der Waals surface area contributed by atoms with Gasteiger partial charge in [0.2, 0.25) is 0 Å². The molecule has 0 bridgehead atoms. The first-order valence-electron chi connectivity index (χ1n) is 9.35. The van der Waals surface area contributed by atoms with Crippen molar-refractivity contribution in [2.45, 2.75) is 38.6 Å². The molecule has 0 fully saturated rings. The number of hydrogen-bond donors (Lipinski definition) is 1. The number of carbonyl (C=O) groups excluding carboxylic acids is 1. The van der Waals surface area contributed by atoms with Crippen LogP contribution in [0, 0.1) is 0 Å². The van der Waals surface area contributed by atoms with Crippen LogP contribution in [-0.2, 0) is 19.4 Å². The van der Waals surface area contributed by atoms with Crippen molar-refractivity contribution in [3.8, 4) is 10.4 Å². The van der Waals surface area contributed by atoms with Crippen molar-refractivity contribution >= 4 is 40.4 Å². The fraction of sp³-hybridized carbons (Fsp3) is 0.350. The van der Waals surface area contributed by atoms with E-state index < -0.39 is 0 Å². The molecule has 4 rings (SSSR count). The Balaban J connectivity index is 1.37. The number of nitrogens with one attached hydrogen (secondary N) is 1. The monoisotopic (exact) mass is 434 g/mol. The number of benzene rings is 1. The number of hydrogen-bond acceptors (Lipinski definition) is 4. The Bertz CT molecular complexity index is 978. The van der Waals surface area contributed by atoms with Crippen molar-refractivity contribution in [3.63, 3.8) is 0 Å². The predicted octanol–water partition coefficient (Wildman–Crippen LogP) is 5.01. The quantitative estimate of drug-likeness (QED) is 0.613. The second-order valence-corrected chi connectivity index (χ2v) is 8.78. The molecule has 2 aromatic heterocycles. The van der Waals surface area contributed by atoms with Gasteiger partial charge in [0.15, 0.2) is 0 Å². The van der Waals surface area contributed by atoms with Crippen molar-refractivity contribution in [2.24, 2.45) is 0 Å². The van der Waals surface area contributed by atoms with Gasteiger partial charge in [0, 0.05) is 40.9 Å². The van der Waals surface area contributed by atoms with E-state index in [1.54, 1.807) is 6.07 Å². The van der Waals surface area contributed by atoms with Gasteiger partial charge >= 0.3 is 0 Å². The Morgan fingerprint density at radius 3 is 2.75 bits per heavy atom. The van der Waals surface area contributed by atoms with Crippen LogP contribution in [0.15, 0.2) is 30.3 Å². The van der Waals surface area contributed by atoms with E-state index >= 15 is 0 Å². The number of aryl methyl sites for hydroxylation is 1. The Kier molecular flexibility index (Phi) is 5.99. The highest BCUT2D eigenvalue weighted by molar-refractivity contribution is 7.17. The minimum absolute atomic E-state index is 0.0834. The summed E-state index contributed by atoms with van der Waals surface area (Å²) < 4.78 is 2.21. The summed E-state index contributed by atoms with van der Waals surface area (Å²) in [5.41, 5.74) is 0.910. The summed E-state index contributed by atoms with van der Waals surface area (Å²) >= 11 is 13.6. The van der Waals surface area contributed by atoms with Crippen LogP contribution in [0.25, 0.3) is 10.4 Å². The zero-order valence-corrected chi connectivity index (χ0v) is 17.6. The average Bonchev–Trinajstić information content (AvgIpc) is 3.23. The fourth-order valence-electron chi connectivity index (χ4n) is 3.42. The number of aromatic nitrogens is 3. The molecule has 0 atom stereocenters. The number of fused-ring (bicyclic) bond motifs is 1. The zero-order chi connectivity index (χ0) is 19.5. The third kappa shape index (κ3) is 4.40. The molecule has 1 aliphatic rings. The topological polar surface area (TPSA) is 59.8 Å². The number of rotatable bonds is 5. The van der Waals surface area contributed by atoms with Crippen molar-refractivity contribution in [1.29, 1.82) is 0 Å². The zero-order valence-electron chi connectivity index (χ0n) is 15.3. The third-order valence-electron chi connectivity index (χ3n) is 4.80. The summed E-state index contributed by atoms with van der Waals surface area (Å²) in [4.78, 5) is 14.1. The van der Waals surface area contributed by atoms with Crippen molar-refractivity contribution in [1.82, 2.24) is 20.1 Å². The smallest absolute Gasteiger partial charge is 0.261 e. The number of halogens is 2. The molecule has 0 aliphatic carbocycles. The molecule has 3 aromatic rings. The minimum atomic E-state index is -0.0834. The van der Waals surface area contributed by atoms with E-state index in [2.05, 4.69) is 20.1 Å². The molecule has 1 amide bonds. The number of carbonyl (C=O) groups is 1. The lowest BCUT2D eigenvalue weighted by Gasteiger charge is -2.07. The number of nitrogens with zero attached hydrogens (tertiary/aromatic N) is 3. The van der Waals surface area contributed by atoms with Gasteiger partial charge in [-0.2, -0.15) is 0 Å². The van der Waals surface area contributed by atoms with Crippen LogP contribution in [0.5, 0.6) is 0 Å². The van der Waals surface area contributed by atoms with E-state index in [0.717, 1.165) is 41.5 Å². The maximum absolute atomic E-state index is 12.5. The molecule has 5 nitrogen and oxygen atoms in total. The largest absolute Gasteiger partial charge is 0.351 e. The molecule has 146 valence electrons. The maximum atomic E-state index is 12.5. The molecule has 0 unspecified atom stereocenters. The van der Waals surface area contributed by atoms with E-state index in [-0.39, 0.29) is 5.91 Å². The highest BCUT2D eigenvalue weighted by atomic mass is 35.5. The minimum Gasteiger partial charge on any atom is -0.351 e. The van der Waals surface area contributed by atoms with E-state index in [1.165, 1.54) is 24.2 Å². The second kappa shape index (κ2) is 8.64. The molecule has 8 heteroatoms. The summed E-state index contributed by atoms with van der Waals surface area (Å²) in [5.74, 6) is 1.94. The first kappa shape index (κ1) is 19.4. The molecule has 3 heterocycles. The fourth-order valence-corrected chi connectivity index (χ4v) is 4.85. The molecule has 1 N–H and O–H groups in total. The third-order valence-corrected chi connectivity index (χ3v) is 6.37. The normalized spacial score (nSPS) is 13.8. The second-order valence-electron chi connectivity index (χ2n) is 6.82. The van der Waals surface area contributed by atoms with Gasteiger partial charge in [-0.1, -0.05) is 29.6 Å². The van der Waals surface area contributed by atoms with Gasteiger partial charge in [-0.25, -0.2) is 0 Å². The van der Waals surface area contributed by atoms with E-state index in [0.29, 0.717) is 27.9 Å². The van der Waals surface area contributed by atoms with E-state index in [4.69, 9.17) is 23.2 Å². The van der Waals surface area contributed by atoms with E-state index in [9.17, 15) is 4.79 Å². The van der Waals surface area contributed by atoms with Gasteiger partial charge in [-0.15, -0.1) is 21.5 Å². The van der Waals surface area contributed by atoms with Crippen molar-refractivity contribution in [3.05, 3.63) is 56.9 Å². The standard InChI is InChI=1S/C20H20Cl2N4OS/c21-14-10-13(11-15(22)12-14)16-5-6-17(28-16)20(27)23-8-7-19-25-24-18-4-2-1-3-9-26(18)19/h5-6,10-12H,1-4,7-9H2,(H,23,27). The lowest BCUT2D eigenvalue weighted by Crippen LogP contribution is -2.25. The van der Waals surface area contributed by atoms with Crippen LogP contribution in [0.1, 0.15) is 40.6 Å². The van der Waals surface area contributed by atoms with Crippen LogP contribution in [0.3, 0.4) is 0 Å². The summed E-state index contributed by atoms with van der Waals surface area (Å²) in [6.07, 6.45) is 5.24. The van der Waals surface area contributed by atoms with Crippen LogP contribution in [0.2, 0.25) is 10.0 Å². The van der Waals surface area contributed by atoms with Crippen LogP contribution in [0.4, 0.5) is 0 Å². The summed E-state index contributed by atoms with van der Waals surface area (Å²) in [6, 6.07) is 9.13. The molecular formula is C20H20Cl2N4OS. The molecule has 0 saturated carbocycles. The first-order chi connectivity index (χ1) is 13.6. The molecule has 1 aliphatic heterocycles. The molecule has 0 saturated heterocycles. The average molecular weight is 435 g/mol.